The highest BCUT2D eigenvalue weighted by Gasteiger charge is 2.33. The normalized spacial score (nSPS) is 21.3. The van der Waals surface area contributed by atoms with Crippen molar-refractivity contribution in [1.82, 2.24) is 4.31 Å². The lowest BCUT2D eigenvalue weighted by atomic mass is 10.3. The molecule has 12 heavy (non-hydrogen) atoms. The van der Waals surface area contributed by atoms with Gasteiger partial charge in [0.25, 0.3) is 0 Å². The van der Waals surface area contributed by atoms with Gasteiger partial charge in [0, 0.05) is 14.1 Å². The summed E-state index contributed by atoms with van der Waals surface area (Å²) in [6.45, 7) is 0. The fourth-order valence-corrected chi connectivity index (χ4v) is 1.98. The summed E-state index contributed by atoms with van der Waals surface area (Å²) < 4.78 is 23.6. The van der Waals surface area contributed by atoms with Crippen LogP contribution in [0, 0.1) is 5.92 Å². The second-order valence-corrected chi connectivity index (χ2v) is 5.69. The fraction of sp³-hybridized carbons (Fsp3) is 1.00. The molecule has 1 aliphatic carbocycles. The first-order valence-corrected chi connectivity index (χ1v) is 5.62. The highest BCUT2D eigenvalue weighted by Crippen LogP contribution is 2.33. The van der Waals surface area contributed by atoms with E-state index in [2.05, 4.69) is 0 Å². The summed E-state index contributed by atoms with van der Waals surface area (Å²) in [6.07, 6.45) is 1.26. The van der Waals surface area contributed by atoms with Gasteiger partial charge < -0.3 is 5.11 Å². The van der Waals surface area contributed by atoms with Crippen LogP contribution in [0.25, 0.3) is 0 Å². The molecule has 1 atom stereocenters. The van der Waals surface area contributed by atoms with Crippen molar-refractivity contribution >= 4 is 10.0 Å². The van der Waals surface area contributed by atoms with E-state index < -0.39 is 16.1 Å². The lowest BCUT2D eigenvalue weighted by Gasteiger charge is -2.14. The molecule has 1 fully saturated rings. The van der Waals surface area contributed by atoms with Crippen molar-refractivity contribution < 1.29 is 13.5 Å². The molecular formula is C7H15NO3S. The molecule has 1 unspecified atom stereocenters. The Morgan fingerprint density at radius 3 is 2.33 bits per heavy atom. The summed E-state index contributed by atoms with van der Waals surface area (Å²) in [5, 5.41) is 9.37. The quantitative estimate of drug-likeness (QED) is 0.664. The molecule has 4 nitrogen and oxygen atoms in total. The predicted octanol–water partition coefficient (Wildman–Crippen LogP) is -0.351. The number of aliphatic hydroxyl groups excluding tert-OH is 1. The van der Waals surface area contributed by atoms with Crippen molar-refractivity contribution in [3.63, 3.8) is 0 Å². The van der Waals surface area contributed by atoms with Crippen LogP contribution in [-0.2, 0) is 10.0 Å². The maximum Gasteiger partial charge on any atom is 0.216 e. The molecule has 0 amide bonds. The van der Waals surface area contributed by atoms with E-state index in [1.807, 2.05) is 0 Å². The van der Waals surface area contributed by atoms with E-state index in [4.69, 9.17) is 0 Å². The second-order valence-electron chi connectivity index (χ2n) is 3.47. The van der Waals surface area contributed by atoms with E-state index in [0.717, 1.165) is 17.1 Å². The van der Waals surface area contributed by atoms with E-state index in [9.17, 15) is 13.5 Å². The topological polar surface area (TPSA) is 57.6 Å². The molecule has 72 valence electrons. The molecule has 5 heteroatoms. The molecule has 0 aromatic rings. The molecular weight excluding hydrogens is 178 g/mol. The largest absolute Gasteiger partial charge is 0.392 e. The fourth-order valence-electron chi connectivity index (χ4n) is 0.982. The van der Waals surface area contributed by atoms with Gasteiger partial charge in [-0.3, -0.25) is 0 Å². The number of sulfonamides is 1. The number of aliphatic hydroxyl groups is 1. The predicted molar refractivity (Wildman–Crippen MR) is 46.2 cm³/mol. The van der Waals surface area contributed by atoms with Gasteiger partial charge in [-0.2, -0.15) is 0 Å². The molecule has 0 aromatic heterocycles. The summed E-state index contributed by atoms with van der Waals surface area (Å²) in [5.41, 5.74) is 0. The highest BCUT2D eigenvalue weighted by atomic mass is 32.2. The lowest BCUT2D eigenvalue weighted by Crippen LogP contribution is -2.32. The van der Waals surface area contributed by atoms with Gasteiger partial charge in [-0.25, -0.2) is 12.7 Å². The minimum absolute atomic E-state index is 0.134. The third-order valence-electron chi connectivity index (χ3n) is 2.10. The molecule has 0 aliphatic heterocycles. The first-order valence-electron chi connectivity index (χ1n) is 4.02. The van der Waals surface area contributed by atoms with Crippen molar-refractivity contribution in [3.8, 4) is 0 Å². The second kappa shape index (κ2) is 3.32. The van der Waals surface area contributed by atoms with Gasteiger partial charge in [-0.1, -0.05) is 0 Å². The van der Waals surface area contributed by atoms with Gasteiger partial charge in [0.2, 0.25) is 10.0 Å². The van der Waals surface area contributed by atoms with E-state index in [-0.39, 0.29) is 11.7 Å². The number of hydrogen-bond acceptors (Lipinski definition) is 3. The van der Waals surface area contributed by atoms with Crippen LogP contribution in [0.5, 0.6) is 0 Å². The van der Waals surface area contributed by atoms with E-state index >= 15 is 0 Å². The zero-order valence-corrected chi connectivity index (χ0v) is 8.21. The molecule has 1 N–H and O–H groups in total. The van der Waals surface area contributed by atoms with Crippen LogP contribution in [0.15, 0.2) is 0 Å². The Balaban J connectivity index is 2.48. The third-order valence-corrected chi connectivity index (χ3v) is 3.98. The van der Waals surface area contributed by atoms with Crippen LogP contribution in [0.4, 0.5) is 0 Å². The van der Waals surface area contributed by atoms with Gasteiger partial charge in [-0.15, -0.1) is 0 Å². The zero-order chi connectivity index (χ0) is 9.35. The van der Waals surface area contributed by atoms with E-state index in [1.54, 1.807) is 0 Å². The van der Waals surface area contributed by atoms with Crippen LogP contribution in [-0.4, -0.2) is 43.8 Å². The first kappa shape index (κ1) is 9.95. The number of hydrogen-bond donors (Lipinski definition) is 1. The average molecular weight is 193 g/mol. The molecule has 0 aromatic carbocycles. The SMILES string of the molecule is CN(C)S(=O)(=O)CC(O)C1CC1. The molecule has 0 heterocycles. The maximum atomic E-state index is 11.2. The summed E-state index contributed by atoms with van der Waals surface area (Å²) >= 11 is 0. The lowest BCUT2D eigenvalue weighted by molar-refractivity contribution is 0.172. The van der Waals surface area contributed by atoms with Crippen molar-refractivity contribution in [2.45, 2.75) is 18.9 Å². The van der Waals surface area contributed by atoms with Gasteiger partial charge in [0.1, 0.15) is 0 Å². The first-order chi connectivity index (χ1) is 5.43. The Hall–Kier alpha value is -0.130. The van der Waals surface area contributed by atoms with E-state index in [0.29, 0.717) is 0 Å². The highest BCUT2D eigenvalue weighted by molar-refractivity contribution is 7.89. The Morgan fingerprint density at radius 1 is 1.50 bits per heavy atom. The molecule has 1 saturated carbocycles. The Labute approximate surface area is 73.2 Å². The van der Waals surface area contributed by atoms with Crippen LogP contribution in [0.1, 0.15) is 12.8 Å². The molecule has 1 rings (SSSR count). The minimum Gasteiger partial charge on any atom is -0.392 e. The molecule has 1 aliphatic rings. The molecule has 0 radical (unpaired) electrons. The van der Waals surface area contributed by atoms with Gasteiger partial charge in [0.15, 0.2) is 0 Å². The van der Waals surface area contributed by atoms with Gasteiger partial charge in [0.05, 0.1) is 11.9 Å². The summed E-state index contributed by atoms with van der Waals surface area (Å²) in [4.78, 5) is 0. The van der Waals surface area contributed by atoms with Gasteiger partial charge in [-0.05, 0) is 18.8 Å². The summed E-state index contributed by atoms with van der Waals surface area (Å²) in [7, 11) is -0.257. The van der Waals surface area contributed by atoms with Crippen LogP contribution < -0.4 is 0 Å². The van der Waals surface area contributed by atoms with Crippen molar-refractivity contribution in [3.05, 3.63) is 0 Å². The van der Waals surface area contributed by atoms with Crippen LogP contribution >= 0.6 is 0 Å². The third kappa shape index (κ3) is 2.43. The van der Waals surface area contributed by atoms with Crippen molar-refractivity contribution in [2.75, 3.05) is 19.8 Å². The number of nitrogens with zero attached hydrogens (tertiary/aromatic N) is 1. The summed E-state index contributed by atoms with van der Waals surface area (Å²) in [6, 6.07) is 0. The zero-order valence-electron chi connectivity index (χ0n) is 7.40. The minimum atomic E-state index is -3.22. The Bertz CT molecular complexity index is 243. The Morgan fingerprint density at radius 2 is 2.00 bits per heavy atom. The standard InChI is InChI=1S/C7H15NO3S/c1-8(2)12(10,11)5-7(9)6-3-4-6/h6-7,9H,3-5H2,1-2H3. The maximum absolute atomic E-state index is 11.2. The summed E-state index contributed by atoms with van der Waals surface area (Å²) in [5.74, 6) is 0.0877. The smallest absolute Gasteiger partial charge is 0.216 e. The van der Waals surface area contributed by atoms with Gasteiger partial charge >= 0.3 is 0 Å². The molecule has 0 saturated heterocycles. The van der Waals surface area contributed by atoms with E-state index in [1.165, 1.54) is 14.1 Å². The van der Waals surface area contributed by atoms with Crippen molar-refractivity contribution in [2.24, 2.45) is 5.92 Å². The average Bonchev–Trinajstić information content (AvgIpc) is 2.65. The molecule has 0 bridgehead atoms. The van der Waals surface area contributed by atoms with Crippen LogP contribution in [0.2, 0.25) is 0 Å². The van der Waals surface area contributed by atoms with Crippen LogP contribution in [0.3, 0.4) is 0 Å². The Kier molecular flexibility index (Phi) is 2.75. The number of rotatable bonds is 4. The van der Waals surface area contributed by atoms with Crippen molar-refractivity contribution in [1.29, 1.82) is 0 Å². The monoisotopic (exact) mass is 193 g/mol. The molecule has 0 spiro atoms.